The zero-order valence-corrected chi connectivity index (χ0v) is 18.4. The lowest BCUT2D eigenvalue weighted by molar-refractivity contribution is -0.139. The van der Waals surface area contributed by atoms with E-state index in [4.69, 9.17) is 13.6 Å². The van der Waals surface area contributed by atoms with Crippen LogP contribution in [-0.2, 0) is 14.3 Å². The first-order valence-electron chi connectivity index (χ1n) is 9.95. The second kappa shape index (κ2) is 9.30. The van der Waals surface area contributed by atoms with Gasteiger partial charge in [0.15, 0.2) is 0 Å². The monoisotopic (exact) mass is 449 g/mol. The average Bonchev–Trinajstić information content (AvgIpc) is 3.44. The predicted molar refractivity (Wildman–Crippen MR) is 113 cm³/mol. The molecule has 0 bridgehead atoms. The van der Waals surface area contributed by atoms with Crippen molar-refractivity contribution >= 4 is 35.4 Å². The lowest BCUT2D eigenvalue weighted by Gasteiger charge is -2.25. The standard InChI is InChI=1S/C20H23N3O5S2/c1-3-26-19(25)16-13-6-4-5-7-14(13)30-18(16)21-15(24)10-29-20-23-22-17(28-20)12-8-9-27-11(12)2/h8-9,13-14H,3-7,10H2,1-2H3,(H,21,24)/t13-,14-/m0/s1. The molecule has 0 saturated heterocycles. The Morgan fingerprint density at radius 1 is 1.33 bits per heavy atom. The quantitative estimate of drug-likeness (QED) is 0.497. The van der Waals surface area contributed by atoms with Gasteiger partial charge in [0.1, 0.15) is 5.76 Å². The second-order valence-electron chi connectivity index (χ2n) is 7.11. The lowest BCUT2D eigenvalue weighted by Crippen LogP contribution is -2.26. The molecular formula is C20H23N3O5S2. The maximum atomic E-state index is 12.6. The van der Waals surface area contributed by atoms with Crippen LogP contribution >= 0.6 is 23.5 Å². The highest BCUT2D eigenvalue weighted by Gasteiger charge is 2.41. The number of esters is 1. The first-order chi connectivity index (χ1) is 14.6. The summed E-state index contributed by atoms with van der Waals surface area (Å²) >= 11 is 2.74. The number of aromatic nitrogens is 2. The Morgan fingerprint density at radius 3 is 2.93 bits per heavy atom. The van der Waals surface area contributed by atoms with E-state index in [9.17, 15) is 9.59 Å². The minimum atomic E-state index is -0.320. The summed E-state index contributed by atoms with van der Waals surface area (Å²) in [5.41, 5.74) is 1.36. The van der Waals surface area contributed by atoms with Crippen LogP contribution < -0.4 is 5.32 Å². The van der Waals surface area contributed by atoms with E-state index in [1.54, 1.807) is 31.0 Å². The van der Waals surface area contributed by atoms with Crippen LogP contribution in [0.5, 0.6) is 0 Å². The van der Waals surface area contributed by atoms with Crippen molar-refractivity contribution < 1.29 is 23.2 Å². The third-order valence-corrected chi connectivity index (χ3v) is 7.40. The zero-order valence-electron chi connectivity index (χ0n) is 16.8. The molecule has 1 aliphatic heterocycles. The summed E-state index contributed by atoms with van der Waals surface area (Å²) < 4.78 is 16.1. The summed E-state index contributed by atoms with van der Waals surface area (Å²) in [5, 5.41) is 12.2. The van der Waals surface area contributed by atoms with Gasteiger partial charge in [-0.1, -0.05) is 24.6 Å². The van der Waals surface area contributed by atoms with E-state index in [0.29, 0.717) is 39.3 Å². The van der Waals surface area contributed by atoms with E-state index in [1.165, 1.54) is 0 Å². The molecule has 0 aromatic carbocycles. The molecule has 3 heterocycles. The fourth-order valence-electron chi connectivity index (χ4n) is 3.77. The van der Waals surface area contributed by atoms with Gasteiger partial charge in [0.25, 0.3) is 11.1 Å². The van der Waals surface area contributed by atoms with Crippen LogP contribution in [0.15, 0.2) is 37.0 Å². The first kappa shape index (κ1) is 21.0. The van der Waals surface area contributed by atoms with Gasteiger partial charge in [0.2, 0.25) is 5.91 Å². The molecule has 1 N–H and O–H groups in total. The molecule has 2 aromatic rings. The van der Waals surface area contributed by atoms with Gasteiger partial charge in [-0.05, 0) is 32.8 Å². The smallest absolute Gasteiger partial charge is 0.336 e. The maximum absolute atomic E-state index is 12.6. The zero-order chi connectivity index (χ0) is 21.1. The molecule has 1 fully saturated rings. The fraction of sp³-hybridized carbons (Fsp3) is 0.500. The molecule has 2 aliphatic rings. The average molecular weight is 450 g/mol. The number of thioether (sulfide) groups is 2. The summed E-state index contributed by atoms with van der Waals surface area (Å²) in [6.07, 6.45) is 5.80. The Morgan fingerprint density at radius 2 is 2.17 bits per heavy atom. The third-order valence-electron chi connectivity index (χ3n) is 5.16. The molecule has 0 spiro atoms. The molecule has 4 rings (SSSR count). The summed E-state index contributed by atoms with van der Waals surface area (Å²) in [5.74, 6) is 0.753. The number of furan rings is 1. The summed E-state index contributed by atoms with van der Waals surface area (Å²) in [7, 11) is 0. The van der Waals surface area contributed by atoms with Gasteiger partial charge in [-0.2, -0.15) is 0 Å². The van der Waals surface area contributed by atoms with Crippen LogP contribution in [0.3, 0.4) is 0 Å². The number of nitrogens with one attached hydrogen (secondary N) is 1. The van der Waals surface area contributed by atoms with Crippen molar-refractivity contribution in [3.05, 3.63) is 28.7 Å². The lowest BCUT2D eigenvalue weighted by atomic mass is 9.84. The third kappa shape index (κ3) is 4.44. The van der Waals surface area contributed by atoms with Crippen molar-refractivity contribution in [2.24, 2.45) is 5.92 Å². The number of ether oxygens (including phenoxy) is 1. The van der Waals surface area contributed by atoms with Crippen molar-refractivity contribution in [1.82, 2.24) is 15.5 Å². The van der Waals surface area contributed by atoms with Crippen molar-refractivity contribution in [3.63, 3.8) is 0 Å². The molecule has 8 nitrogen and oxygen atoms in total. The van der Waals surface area contributed by atoms with Gasteiger partial charge in [0, 0.05) is 11.2 Å². The van der Waals surface area contributed by atoms with Crippen LogP contribution in [-0.4, -0.2) is 39.7 Å². The summed E-state index contributed by atoms with van der Waals surface area (Å²) in [6.45, 7) is 3.92. The van der Waals surface area contributed by atoms with E-state index in [-0.39, 0.29) is 23.5 Å². The minimum Gasteiger partial charge on any atom is -0.469 e. The summed E-state index contributed by atoms with van der Waals surface area (Å²) in [4.78, 5) is 25.1. The van der Waals surface area contributed by atoms with Crippen LogP contribution in [0, 0.1) is 12.8 Å². The normalized spacial score (nSPS) is 20.9. The molecule has 0 unspecified atom stereocenters. The van der Waals surface area contributed by atoms with E-state index in [2.05, 4.69) is 15.5 Å². The Kier molecular flexibility index (Phi) is 6.52. The van der Waals surface area contributed by atoms with E-state index in [1.807, 2.05) is 6.92 Å². The number of carbonyl (C=O) groups is 2. The minimum absolute atomic E-state index is 0.0987. The predicted octanol–water partition coefficient (Wildman–Crippen LogP) is 3.93. The number of hydrogen-bond donors (Lipinski definition) is 1. The molecule has 1 amide bonds. The molecule has 10 heteroatoms. The molecule has 1 saturated carbocycles. The largest absolute Gasteiger partial charge is 0.469 e. The Balaban J connectivity index is 1.40. The topological polar surface area (TPSA) is 107 Å². The van der Waals surface area contributed by atoms with Gasteiger partial charge in [0.05, 0.1) is 34.8 Å². The number of nitrogens with zero attached hydrogens (tertiary/aromatic N) is 2. The molecule has 30 heavy (non-hydrogen) atoms. The van der Waals surface area contributed by atoms with Gasteiger partial charge >= 0.3 is 5.97 Å². The molecule has 0 radical (unpaired) electrons. The van der Waals surface area contributed by atoms with Crippen LogP contribution in [0.2, 0.25) is 0 Å². The molecule has 160 valence electrons. The molecule has 2 atom stereocenters. The highest BCUT2D eigenvalue weighted by molar-refractivity contribution is 8.04. The Hall–Kier alpha value is -2.20. The second-order valence-corrected chi connectivity index (χ2v) is 9.29. The highest BCUT2D eigenvalue weighted by Crippen LogP contribution is 2.48. The Bertz CT molecular complexity index is 967. The number of rotatable bonds is 7. The van der Waals surface area contributed by atoms with Crippen LogP contribution in [0.25, 0.3) is 11.5 Å². The summed E-state index contributed by atoms with van der Waals surface area (Å²) in [6, 6.07) is 1.75. The Labute approximate surface area is 182 Å². The SMILES string of the molecule is CCOC(=O)C1=C(NC(=O)CSc2nnc(-c3ccoc3C)o2)S[C@H]2CCCC[C@H]12. The first-order valence-corrected chi connectivity index (χ1v) is 11.8. The van der Waals surface area contributed by atoms with Gasteiger partial charge in [-0.15, -0.1) is 22.0 Å². The number of hydrogen-bond acceptors (Lipinski definition) is 9. The van der Waals surface area contributed by atoms with Crippen LogP contribution in [0.1, 0.15) is 38.4 Å². The van der Waals surface area contributed by atoms with Crippen molar-refractivity contribution in [2.75, 3.05) is 12.4 Å². The van der Waals surface area contributed by atoms with Crippen molar-refractivity contribution in [2.45, 2.75) is 50.0 Å². The number of aryl methyl sites for hydroxylation is 1. The van der Waals surface area contributed by atoms with Gasteiger partial charge < -0.3 is 18.9 Å². The van der Waals surface area contributed by atoms with Crippen LogP contribution in [0.4, 0.5) is 0 Å². The fourth-order valence-corrected chi connectivity index (χ4v) is 5.90. The van der Waals surface area contributed by atoms with Crippen molar-refractivity contribution in [1.29, 1.82) is 0 Å². The number of fused-ring (bicyclic) bond motifs is 1. The van der Waals surface area contributed by atoms with Gasteiger partial charge in [-0.25, -0.2) is 4.79 Å². The molecule has 2 aromatic heterocycles. The number of carbonyl (C=O) groups excluding carboxylic acids is 2. The van der Waals surface area contributed by atoms with E-state index in [0.717, 1.165) is 43.0 Å². The van der Waals surface area contributed by atoms with E-state index >= 15 is 0 Å². The van der Waals surface area contributed by atoms with Crippen molar-refractivity contribution in [3.8, 4) is 11.5 Å². The van der Waals surface area contributed by atoms with E-state index < -0.39 is 0 Å². The highest BCUT2D eigenvalue weighted by atomic mass is 32.2. The molecular weight excluding hydrogens is 426 g/mol. The maximum Gasteiger partial charge on any atom is 0.336 e. The number of amides is 1. The van der Waals surface area contributed by atoms with Gasteiger partial charge in [-0.3, -0.25) is 4.79 Å². The molecule has 1 aliphatic carbocycles.